The van der Waals surface area contributed by atoms with Crippen LogP contribution in [-0.2, 0) is 32.3 Å². The van der Waals surface area contributed by atoms with Crippen molar-refractivity contribution in [3.8, 4) is 0 Å². The van der Waals surface area contributed by atoms with Gasteiger partial charge in [-0.15, -0.1) is 32.5 Å². The van der Waals surface area contributed by atoms with E-state index in [9.17, 15) is 24.6 Å². The molecule has 1 fully saturated rings. The van der Waals surface area contributed by atoms with Gasteiger partial charge in [0.2, 0.25) is 5.91 Å². The highest BCUT2D eigenvalue weighted by atomic mass is 32.2. The minimum absolute atomic E-state index is 0.103. The maximum Gasteiger partial charge on any atom is 0.276 e. The number of rotatable bonds is 9. The standard InChI is InChI=1S/C19H22N8O6S2/c1-33-24-12(10-8-35-19(21)22-10)15(29)23-13-16(30)27-14(18(31)32)9(7-34-17(13)27)6-25-3-2-11(20)26(25)4-5-28/h2-3,7-8,13-14,17,20,28H,4-6H2,1H3,(H4,21,22,23,29,31,32)/b24-12-. The summed E-state index contributed by atoms with van der Waals surface area (Å²) in [5, 5.41) is 30.3. The first kappa shape index (κ1) is 24.5. The van der Waals surface area contributed by atoms with Crippen LogP contribution in [0.4, 0.5) is 10.9 Å². The van der Waals surface area contributed by atoms with E-state index in [4.69, 9.17) is 16.3 Å². The summed E-state index contributed by atoms with van der Waals surface area (Å²) in [4.78, 5) is 47.7. The Morgan fingerprint density at radius 3 is 2.83 bits per heavy atom. The molecule has 3 unspecified atom stereocenters. The van der Waals surface area contributed by atoms with Crippen LogP contribution >= 0.6 is 23.1 Å². The molecule has 2 aliphatic rings. The Kier molecular flexibility index (Phi) is 6.95. The number of carbonyl (C=O) groups excluding carboxylic acids is 3. The zero-order chi connectivity index (χ0) is 25.3. The number of oxime groups is 1. The number of β-lactam (4-membered cyclic amide) rings is 1. The van der Waals surface area contributed by atoms with Crippen molar-refractivity contribution in [2.75, 3.05) is 25.2 Å². The van der Waals surface area contributed by atoms with Crippen molar-refractivity contribution in [2.24, 2.45) is 5.16 Å². The zero-order valence-corrected chi connectivity index (χ0v) is 20.0. The van der Waals surface area contributed by atoms with Gasteiger partial charge in [-0.2, -0.15) is 0 Å². The highest BCUT2D eigenvalue weighted by molar-refractivity contribution is 8.02. The van der Waals surface area contributed by atoms with Crippen LogP contribution in [0.5, 0.6) is 0 Å². The minimum Gasteiger partial charge on any atom is -0.548 e. The molecule has 0 aromatic carbocycles. The van der Waals surface area contributed by atoms with Crippen molar-refractivity contribution in [2.45, 2.75) is 30.5 Å². The van der Waals surface area contributed by atoms with Crippen LogP contribution in [0.1, 0.15) is 5.69 Å². The van der Waals surface area contributed by atoms with Gasteiger partial charge in [0.1, 0.15) is 36.8 Å². The van der Waals surface area contributed by atoms with E-state index in [0.29, 0.717) is 11.4 Å². The number of aromatic nitrogens is 3. The van der Waals surface area contributed by atoms with Gasteiger partial charge in [-0.1, -0.05) is 5.16 Å². The molecule has 0 spiro atoms. The lowest BCUT2D eigenvalue weighted by atomic mass is 9.97. The highest BCUT2D eigenvalue weighted by Gasteiger charge is 2.55. The largest absolute Gasteiger partial charge is 0.548 e. The summed E-state index contributed by atoms with van der Waals surface area (Å²) in [7, 11) is 1.26. The van der Waals surface area contributed by atoms with Crippen LogP contribution in [0, 0.1) is 0 Å². The normalized spacial score (nSPS) is 21.7. The van der Waals surface area contributed by atoms with E-state index in [0.717, 1.165) is 16.2 Å². The number of anilines is 2. The number of thiazole rings is 1. The summed E-state index contributed by atoms with van der Waals surface area (Å²) in [5.41, 5.74) is 11.9. The summed E-state index contributed by atoms with van der Waals surface area (Å²) in [6.45, 7) is 0.156. The lowest BCUT2D eigenvalue weighted by Crippen LogP contribution is -2.75. The van der Waals surface area contributed by atoms with Crippen LogP contribution < -0.4 is 26.6 Å². The molecule has 0 aliphatic carbocycles. The number of hydrogen-bond acceptors (Lipinski definition) is 12. The van der Waals surface area contributed by atoms with Crippen LogP contribution in [-0.4, -0.2) is 74.3 Å². The van der Waals surface area contributed by atoms with Crippen molar-refractivity contribution in [1.82, 2.24) is 19.9 Å². The second-order valence-corrected chi connectivity index (χ2v) is 9.40. The Morgan fingerprint density at radius 2 is 2.20 bits per heavy atom. The maximum absolute atomic E-state index is 12.9. The number of hydrogen-bond donors (Lipinski definition) is 4. The molecule has 2 aromatic heterocycles. The first-order chi connectivity index (χ1) is 16.8. The second kappa shape index (κ2) is 9.93. The molecule has 0 saturated carbocycles. The fraction of sp³-hybridized carbons (Fsp3) is 0.368. The van der Waals surface area contributed by atoms with E-state index in [-0.39, 0.29) is 36.2 Å². The number of aliphatic carboxylic acids is 1. The summed E-state index contributed by atoms with van der Waals surface area (Å²) < 4.78 is 3.23. The quantitative estimate of drug-likeness (QED) is 0.113. The van der Waals surface area contributed by atoms with Gasteiger partial charge in [-0.05, 0) is 5.41 Å². The van der Waals surface area contributed by atoms with Crippen molar-refractivity contribution >= 4 is 57.5 Å². The number of nitrogens with zero attached hydrogens (tertiary/aromatic N) is 5. The smallest absolute Gasteiger partial charge is 0.276 e. The topological polar surface area (TPSA) is 205 Å². The van der Waals surface area contributed by atoms with Crippen molar-refractivity contribution in [1.29, 1.82) is 0 Å². The molecule has 0 radical (unpaired) electrons. The number of carboxylic acid groups (broad SMARTS) is 1. The summed E-state index contributed by atoms with van der Waals surface area (Å²) >= 11 is 2.30. The lowest BCUT2D eigenvalue weighted by molar-refractivity contribution is -0.768. The Morgan fingerprint density at radius 1 is 1.43 bits per heavy atom. The molecule has 2 aliphatic heterocycles. The van der Waals surface area contributed by atoms with Crippen LogP contribution in [0.25, 0.3) is 0 Å². The number of aliphatic hydroxyl groups is 1. The first-order valence-corrected chi connectivity index (χ1v) is 12.1. The maximum atomic E-state index is 12.9. The molecule has 14 nitrogen and oxygen atoms in total. The Balaban J connectivity index is 1.53. The van der Waals surface area contributed by atoms with Gasteiger partial charge in [0, 0.05) is 11.0 Å². The fourth-order valence-corrected chi connectivity index (χ4v) is 5.65. The molecule has 16 heteroatoms. The number of carbonyl (C=O) groups is 3. The zero-order valence-electron chi connectivity index (χ0n) is 18.4. The molecule has 6 N–H and O–H groups in total. The number of nitrogens with two attached hydrogens (primary N) is 2. The molecule has 3 atom stereocenters. The predicted octanol–water partition coefficient (Wildman–Crippen LogP) is -3.16. The molecular formula is C19H22N8O6S2. The van der Waals surface area contributed by atoms with Crippen LogP contribution in [0.3, 0.4) is 0 Å². The number of aliphatic hydroxyl groups excluding tert-OH is 1. The Bertz CT molecular complexity index is 1220. The molecule has 186 valence electrons. The minimum atomic E-state index is -1.45. The average molecular weight is 523 g/mol. The Labute approximate surface area is 206 Å². The molecule has 35 heavy (non-hydrogen) atoms. The second-order valence-electron chi connectivity index (χ2n) is 7.52. The average Bonchev–Trinajstić information content (AvgIpc) is 3.41. The van der Waals surface area contributed by atoms with Gasteiger partial charge in [0.05, 0.1) is 18.6 Å². The predicted molar refractivity (Wildman–Crippen MR) is 123 cm³/mol. The van der Waals surface area contributed by atoms with Crippen molar-refractivity contribution in [3.05, 3.63) is 34.3 Å². The number of amides is 2. The third-order valence-corrected chi connectivity index (χ3v) is 7.31. The van der Waals surface area contributed by atoms with E-state index >= 15 is 0 Å². The van der Waals surface area contributed by atoms with Gasteiger partial charge in [0.15, 0.2) is 29.4 Å². The molecular weight excluding hydrogens is 500 g/mol. The Hall–Kier alpha value is -3.63. The number of nitrogens with one attached hydrogen (secondary N) is 1. The molecule has 2 amide bonds. The number of fused-ring (bicyclic) bond motifs is 1. The van der Waals surface area contributed by atoms with E-state index in [1.165, 1.54) is 24.3 Å². The van der Waals surface area contributed by atoms with Gasteiger partial charge in [-0.3, -0.25) is 9.59 Å². The van der Waals surface area contributed by atoms with Crippen LogP contribution in [0.15, 0.2) is 33.8 Å². The van der Waals surface area contributed by atoms with Crippen molar-refractivity contribution in [3.63, 3.8) is 0 Å². The third-order valence-electron chi connectivity index (χ3n) is 5.42. The van der Waals surface area contributed by atoms with Crippen LogP contribution in [0.2, 0.25) is 0 Å². The summed E-state index contributed by atoms with van der Waals surface area (Å²) in [6, 6.07) is -0.705. The molecule has 4 rings (SSSR count). The summed E-state index contributed by atoms with van der Waals surface area (Å²) in [5.74, 6) is -2.36. The van der Waals surface area contributed by atoms with Gasteiger partial charge in [0.25, 0.3) is 5.91 Å². The highest BCUT2D eigenvalue weighted by Crippen LogP contribution is 2.40. The number of nitrogen functional groups attached to an aromatic ring is 2. The van der Waals surface area contributed by atoms with Gasteiger partial charge >= 0.3 is 0 Å². The van der Waals surface area contributed by atoms with Gasteiger partial charge in [-0.25, -0.2) is 4.98 Å². The van der Waals surface area contributed by atoms with E-state index in [2.05, 4.69) is 15.5 Å². The third kappa shape index (κ3) is 4.54. The van der Waals surface area contributed by atoms with Gasteiger partial charge < -0.3 is 41.5 Å². The monoisotopic (exact) mass is 522 g/mol. The first-order valence-electron chi connectivity index (χ1n) is 10.2. The van der Waals surface area contributed by atoms with E-state index < -0.39 is 35.2 Å². The van der Waals surface area contributed by atoms with Crippen molar-refractivity contribution < 1.29 is 34.1 Å². The van der Waals surface area contributed by atoms with E-state index in [1.54, 1.807) is 27.0 Å². The number of carboxylic acids is 1. The lowest BCUT2D eigenvalue weighted by Gasteiger charge is -2.52. The molecule has 2 aromatic rings. The SMILES string of the molecule is CO/N=C(\C(=O)NC1C(=O)N2C(C(=O)[O-])C(C[n+]3ccc(N)n3CCO)=CSC12)c1csc(N)n1. The summed E-state index contributed by atoms with van der Waals surface area (Å²) in [6.07, 6.45) is 1.65. The fourth-order valence-electron chi connectivity index (χ4n) is 3.88. The number of thioether (sulfide) groups is 1. The molecule has 1 saturated heterocycles. The molecule has 4 heterocycles. The molecule has 0 bridgehead atoms. The van der Waals surface area contributed by atoms with E-state index in [1.807, 2.05) is 0 Å².